The van der Waals surface area contributed by atoms with Gasteiger partial charge in [0.05, 0.1) is 17.1 Å². The Hall–Kier alpha value is -2.24. The number of fused-ring (bicyclic) bond motifs is 1. The normalized spacial score (nSPS) is 20.6. The highest BCUT2D eigenvalue weighted by molar-refractivity contribution is 8.04. The summed E-state index contributed by atoms with van der Waals surface area (Å²) in [6, 6.07) is 15.5. The van der Waals surface area contributed by atoms with E-state index in [4.69, 9.17) is 11.6 Å². The number of hydrogen-bond acceptors (Lipinski definition) is 3. The molecule has 2 aliphatic heterocycles. The van der Waals surface area contributed by atoms with E-state index in [0.29, 0.717) is 16.5 Å². The molecule has 0 radical (unpaired) electrons. The van der Waals surface area contributed by atoms with Gasteiger partial charge in [0.25, 0.3) is 5.91 Å². The number of benzene rings is 2. The van der Waals surface area contributed by atoms with Crippen molar-refractivity contribution in [3.05, 3.63) is 70.1 Å². The second kappa shape index (κ2) is 8.02. The van der Waals surface area contributed by atoms with Crippen molar-refractivity contribution in [3.63, 3.8) is 0 Å². The Morgan fingerprint density at radius 2 is 1.96 bits per heavy atom. The van der Waals surface area contributed by atoms with E-state index in [9.17, 15) is 9.59 Å². The SMILES string of the molecule is CC1CCCN1C(=O)/C=C1/Sc2ccccc2N(Cc2ccccc2Cl)C1=O. The van der Waals surface area contributed by atoms with Gasteiger partial charge in [0.1, 0.15) is 0 Å². The van der Waals surface area contributed by atoms with Crippen molar-refractivity contribution in [1.29, 1.82) is 0 Å². The van der Waals surface area contributed by atoms with Crippen LogP contribution in [-0.4, -0.2) is 29.3 Å². The van der Waals surface area contributed by atoms with Gasteiger partial charge in [-0.3, -0.25) is 9.59 Å². The predicted octanol–water partition coefficient (Wildman–Crippen LogP) is 4.87. The molecule has 0 N–H and O–H groups in total. The fraction of sp³-hybridized carbons (Fsp3) is 0.273. The number of hydrogen-bond donors (Lipinski definition) is 0. The number of carbonyl (C=O) groups excluding carboxylic acids is 2. The van der Waals surface area contributed by atoms with Crippen LogP contribution in [0.2, 0.25) is 5.02 Å². The highest BCUT2D eigenvalue weighted by Gasteiger charge is 2.31. The number of thioether (sulfide) groups is 1. The average Bonchev–Trinajstić information content (AvgIpc) is 3.12. The minimum Gasteiger partial charge on any atom is -0.336 e. The van der Waals surface area contributed by atoms with Gasteiger partial charge in [-0.05, 0) is 43.5 Å². The highest BCUT2D eigenvalue weighted by atomic mass is 35.5. The van der Waals surface area contributed by atoms with Crippen LogP contribution in [0.5, 0.6) is 0 Å². The first-order valence-corrected chi connectivity index (χ1v) is 10.6. The van der Waals surface area contributed by atoms with Crippen molar-refractivity contribution in [2.45, 2.75) is 37.2 Å². The number of para-hydroxylation sites is 1. The molecule has 6 heteroatoms. The third kappa shape index (κ3) is 3.69. The van der Waals surface area contributed by atoms with Crippen LogP contribution >= 0.6 is 23.4 Å². The minimum absolute atomic E-state index is 0.0853. The molecule has 0 saturated carbocycles. The summed E-state index contributed by atoms with van der Waals surface area (Å²) in [4.78, 5) is 31.0. The summed E-state index contributed by atoms with van der Waals surface area (Å²) in [6.07, 6.45) is 3.53. The summed E-state index contributed by atoms with van der Waals surface area (Å²) < 4.78 is 0. The quantitative estimate of drug-likeness (QED) is 0.675. The van der Waals surface area contributed by atoms with Crippen molar-refractivity contribution >= 4 is 40.9 Å². The molecule has 4 rings (SSSR count). The molecule has 144 valence electrons. The molecule has 2 aromatic carbocycles. The summed E-state index contributed by atoms with van der Waals surface area (Å²) in [6.45, 7) is 3.17. The Kier molecular flexibility index (Phi) is 5.47. The zero-order valence-corrected chi connectivity index (χ0v) is 17.2. The Bertz CT molecular complexity index is 959. The Labute approximate surface area is 174 Å². The van der Waals surface area contributed by atoms with Crippen molar-refractivity contribution in [1.82, 2.24) is 4.90 Å². The Morgan fingerprint density at radius 1 is 1.21 bits per heavy atom. The molecular formula is C22H21ClN2O2S. The van der Waals surface area contributed by atoms with Crippen molar-refractivity contribution in [2.24, 2.45) is 0 Å². The van der Waals surface area contributed by atoms with Gasteiger partial charge in [-0.1, -0.05) is 53.7 Å². The van der Waals surface area contributed by atoms with E-state index in [1.54, 1.807) is 4.90 Å². The number of anilines is 1. The number of likely N-dealkylation sites (tertiary alicyclic amines) is 1. The van der Waals surface area contributed by atoms with Crippen LogP contribution in [-0.2, 0) is 16.1 Å². The topological polar surface area (TPSA) is 40.6 Å². The van der Waals surface area contributed by atoms with Gasteiger partial charge in [-0.2, -0.15) is 0 Å². The molecule has 28 heavy (non-hydrogen) atoms. The van der Waals surface area contributed by atoms with E-state index in [1.165, 1.54) is 17.8 Å². The van der Waals surface area contributed by atoms with Gasteiger partial charge >= 0.3 is 0 Å². The summed E-state index contributed by atoms with van der Waals surface area (Å²) in [5.74, 6) is -0.248. The Morgan fingerprint density at radius 3 is 2.71 bits per heavy atom. The monoisotopic (exact) mass is 412 g/mol. The molecule has 2 aromatic rings. The Balaban J connectivity index is 1.68. The first-order valence-electron chi connectivity index (χ1n) is 9.39. The lowest BCUT2D eigenvalue weighted by molar-refractivity contribution is -0.126. The maximum Gasteiger partial charge on any atom is 0.265 e. The van der Waals surface area contributed by atoms with E-state index < -0.39 is 0 Å². The molecule has 1 unspecified atom stereocenters. The molecule has 4 nitrogen and oxygen atoms in total. The van der Waals surface area contributed by atoms with Gasteiger partial charge in [-0.25, -0.2) is 0 Å². The fourth-order valence-corrected chi connectivity index (χ4v) is 4.89. The molecule has 0 aromatic heterocycles. The van der Waals surface area contributed by atoms with Crippen molar-refractivity contribution in [2.75, 3.05) is 11.4 Å². The van der Waals surface area contributed by atoms with Crippen LogP contribution < -0.4 is 4.90 Å². The molecule has 2 amide bonds. The summed E-state index contributed by atoms with van der Waals surface area (Å²) in [5.41, 5.74) is 1.72. The number of rotatable bonds is 3. The smallest absolute Gasteiger partial charge is 0.265 e. The molecule has 1 saturated heterocycles. The van der Waals surface area contributed by atoms with E-state index >= 15 is 0 Å². The number of amides is 2. The van der Waals surface area contributed by atoms with Crippen LogP contribution in [0.3, 0.4) is 0 Å². The van der Waals surface area contributed by atoms with Crippen molar-refractivity contribution < 1.29 is 9.59 Å². The molecule has 0 bridgehead atoms. The van der Waals surface area contributed by atoms with Gasteiger partial charge in [-0.15, -0.1) is 0 Å². The molecule has 1 fully saturated rings. The van der Waals surface area contributed by atoms with Crippen LogP contribution in [0.25, 0.3) is 0 Å². The third-order valence-electron chi connectivity index (χ3n) is 5.21. The summed E-state index contributed by atoms with van der Waals surface area (Å²) in [7, 11) is 0. The maximum absolute atomic E-state index is 13.3. The van der Waals surface area contributed by atoms with Crippen LogP contribution in [0.15, 0.2) is 64.4 Å². The lowest BCUT2D eigenvalue weighted by atomic mass is 10.1. The number of nitrogens with zero attached hydrogens (tertiary/aromatic N) is 2. The second-order valence-corrected chi connectivity index (χ2v) is 8.57. The first kappa shape index (κ1) is 19.1. The van der Waals surface area contributed by atoms with Crippen LogP contribution in [0, 0.1) is 0 Å². The molecule has 0 aliphatic carbocycles. The van der Waals surface area contributed by atoms with E-state index in [-0.39, 0.29) is 17.9 Å². The van der Waals surface area contributed by atoms with Gasteiger partial charge in [0.15, 0.2) is 0 Å². The van der Waals surface area contributed by atoms with E-state index in [1.807, 2.05) is 53.4 Å². The number of halogens is 1. The fourth-order valence-electron chi connectivity index (χ4n) is 3.67. The molecule has 1 atom stereocenters. The second-order valence-electron chi connectivity index (χ2n) is 7.08. The summed E-state index contributed by atoms with van der Waals surface area (Å²) in [5, 5.41) is 0.624. The first-order chi connectivity index (χ1) is 13.5. The van der Waals surface area contributed by atoms with Crippen LogP contribution in [0.4, 0.5) is 5.69 Å². The van der Waals surface area contributed by atoms with Gasteiger partial charge in [0, 0.05) is 28.6 Å². The molecular weight excluding hydrogens is 392 g/mol. The average molecular weight is 413 g/mol. The minimum atomic E-state index is -0.163. The molecule has 2 heterocycles. The maximum atomic E-state index is 13.3. The predicted molar refractivity (Wildman–Crippen MR) is 113 cm³/mol. The lowest BCUT2D eigenvalue weighted by Crippen LogP contribution is -2.36. The third-order valence-corrected chi connectivity index (χ3v) is 6.66. The number of carbonyl (C=O) groups is 2. The zero-order valence-electron chi connectivity index (χ0n) is 15.6. The standard InChI is InChI=1S/C22H21ClN2O2S/c1-15-7-6-12-24(15)21(26)13-20-22(27)25(14-16-8-2-3-9-17(16)23)18-10-4-5-11-19(18)28-20/h2-5,8-11,13,15H,6-7,12,14H2,1H3/b20-13+. The van der Waals surface area contributed by atoms with E-state index in [2.05, 4.69) is 6.92 Å². The lowest BCUT2D eigenvalue weighted by Gasteiger charge is -2.31. The largest absolute Gasteiger partial charge is 0.336 e. The zero-order chi connectivity index (χ0) is 19.7. The summed E-state index contributed by atoms with van der Waals surface area (Å²) >= 11 is 7.68. The van der Waals surface area contributed by atoms with Crippen LogP contribution in [0.1, 0.15) is 25.3 Å². The molecule has 0 spiro atoms. The molecule has 2 aliphatic rings. The van der Waals surface area contributed by atoms with E-state index in [0.717, 1.165) is 35.5 Å². The van der Waals surface area contributed by atoms with Crippen molar-refractivity contribution in [3.8, 4) is 0 Å². The van der Waals surface area contributed by atoms with Gasteiger partial charge in [0.2, 0.25) is 5.91 Å². The highest BCUT2D eigenvalue weighted by Crippen LogP contribution is 2.42. The van der Waals surface area contributed by atoms with Gasteiger partial charge < -0.3 is 9.80 Å².